The lowest BCUT2D eigenvalue weighted by Gasteiger charge is -1.99. The van der Waals surface area contributed by atoms with Crippen molar-refractivity contribution in [3.63, 3.8) is 0 Å². The maximum Gasteiger partial charge on any atom is 0.185 e. The Kier molecular flexibility index (Phi) is 4.98. The molecule has 2 N–H and O–H groups in total. The molecule has 5 heteroatoms. The third-order valence-electron chi connectivity index (χ3n) is 1.83. The van der Waals surface area contributed by atoms with Crippen LogP contribution >= 0.6 is 11.8 Å². The summed E-state index contributed by atoms with van der Waals surface area (Å²) in [4.78, 5) is 10.6. The van der Waals surface area contributed by atoms with Crippen LogP contribution in [0.1, 0.15) is 18.9 Å². The lowest BCUT2D eigenvalue weighted by molar-refractivity contribution is -0.109. The van der Waals surface area contributed by atoms with Gasteiger partial charge in [-0.2, -0.15) is 0 Å². The summed E-state index contributed by atoms with van der Waals surface area (Å²) in [7, 11) is 0. The smallest absolute Gasteiger partial charge is 0.185 e. The van der Waals surface area contributed by atoms with Gasteiger partial charge in [0.1, 0.15) is 11.6 Å². The minimum Gasteiger partial charge on any atom is -0.398 e. The molecule has 17 heavy (non-hydrogen) atoms. The molecule has 0 spiro atoms. The number of carbonyl (C=O) groups is 1. The van der Waals surface area contributed by atoms with Gasteiger partial charge in [0.05, 0.1) is 11.3 Å². The fourth-order valence-corrected chi connectivity index (χ4v) is 1.61. The molecule has 0 atom stereocenters. The number of halogens is 2. The van der Waals surface area contributed by atoms with E-state index >= 15 is 0 Å². The monoisotopic (exact) mass is 255 g/mol. The number of nitrogens with two attached hydrogens (primary N) is 1. The van der Waals surface area contributed by atoms with Crippen molar-refractivity contribution in [2.24, 2.45) is 0 Å². The molecule has 0 amide bonds. The molecule has 2 nitrogen and oxygen atoms in total. The fourth-order valence-electron chi connectivity index (χ4n) is 1.12. The minimum absolute atomic E-state index is 0.000718. The van der Waals surface area contributed by atoms with Crippen LogP contribution in [0.25, 0.3) is 0 Å². The Morgan fingerprint density at radius 1 is 1.47 bits per heavy atom. The van der Waals surface area contributed by atoms with E-state index in [1.807, 2.05) is 0 Å². The van der Waals surface area contributed by atoms with Gasteiger partial charge in [-0.15, -0.1) is 0 Å². The van der Waals surface area contributed by atoms with Crippen molar-refractivity contribution in [3.05, 3.63) is 29.3 Å². The second-order valence-corrected chi connectivity index (χ2v) is 4.52. The minimum atomic E-state index is -0.769. The van der Waals surface area contributed by atoms with Crippen LogP contribution in [0, 0.1) is 23.5 Å². The summed E-state index contributed by atoms with van der Waals surface area (Å²) >= 11 is 1.15. The molecule has 90 valence electrons. The molecule has 0 aromatic heterocycles. The number of nitrogen functional groups attached to an aromatic ring is 1. The van der Waals surface area contributed by atoms with Crippen LogP contribution in [-0.2, 0) is 4.79 Å². The van der Waals surface area contributed by atoms with Crippen molar-refractivity contribution in [1.82, 2.24) is 0 Å². The molecule has 0 aliphatic rings. The fraction of sp³-hybridized carbons (Fsp3) is 0.250. The van der Waals surface area contributed by atoms with E-state index in [1.54, 1.807) is 0 Å². The summed E-state index contributed by atoms with van der Waals surface area (Å²) < 4.78 is 26.0. The van der Waals surface area contributed by atoms with Gasteiger partial charge in [-0.25, -0.2) is 8.78 Å². The van der Waals surface area contributed by atoms with E-state index in [9.17, 15) is 13.6 Å². The first kappa shape index (κ1) is 13.5. The molecule has 0 aliphatic heterocycles. The zero-order valence-electron chi connectivity index (χ0n) is 9.22. The lowest BCUT2D eigenvalue weighted by atomic mass is 10.1. The van der Waals surface area contributed by atoms with Crippen molar-refractivity contribution in [2.45, 2.75) is 13.3 Å². The molecule has 0 saturated heterocycles. The molecule has 1 rings (SSSR count). The summed E-state index contributed by atoms with van der Waals surface area (Å²) in [6.45, 7) is 1.47. The van der Waals surface area contributed by atoms with Gasteiger partial charge in [0, 0.05) is 25.2 Å². The van der Waals surface area contributed by atoms with Crippen LogP contribution < -0.4 is 5.73 Å². The number of carbonyl (C=O) groups excluding carboxylic acids is 1. The Morgan fingerprint density at radius 3 is 2.76 bits per heavy atom. The maximum absolute atomic E-state index is 13.3. The van der Waals surface area contributed by atoms with E-state index in [0.29, 0.717) is 12.2 Å². The molecule has 0 heterocycles. The predicted molar refractivity (Wildman–Crippen MR) is 65.4 cm³/mol. The van der Waals surface area contributed by atoms with Crippen molar-refractivity contribution >= 4 is 22.6 Å². The van der Waals surface area contributed by atoms with Crippen LogP contribution in [0.5, 0.6) is 0 Å². The molecular weight excluding hydrogens is 244 g/mol. The molecule has 0 radical (unpaired) electrons. The highest BCUT2D eigenvalue weighted by atomic mass is 32.2. The first-order valence-corrected chi connectivity index (χ1v) is 5.86. The van der Waals surface area contributed by atoms with Gasteiger partial charge in [0.25, 0.3) is 0 Å². The maximum atomic E-state index is 13.3. The average Bonchev–Trinajstić information content (AvgIpc) is 2.20. The summed E-state index contributed by atoms with van der Waals surface area (Å²) in [5.74, 6) is 4.29. The Labute approximate surface area is 103 Å². The van der Waals surface area contributed by atoms with Crippen molar-refractivity contribution in [3.8, 4) is 11.8 Å². The third kappa shape index (κ3) is 4.45. The third-order valence-corrected chi connectivity index (χ3v) is 2.65. The summed E-state index contributed by atoms with van der Waals surface area (Å²) in [6, 6.07) is 1.77. The number of hydrogen-bond donors (Lipinski definition) is 1. The van der Waals surface area contributed by atoms with Gasteiger partial charge in [-0.05, 0) is 6.07 Å². The van der Waals surface area contributed by atoms with E-state index in [0.717, 1.165) is 23.9 Å². The van der Waals surface area contributed by atoms with Gasteiger partial charge in [-0.3, -0.25) is 4.79 Å². The standard InChI is InChI=1S/C12H11F2NOS/c1-8(16)17-5-3-2-4-10-11(14)6-9(13)7-12(10)15/h6-7H,3,5,15H2,1H3. The number of thioether (sulfide) groups is 1. The SMILES string of the molecule is CC(=O)SCCC#Cc1c(N)cc(F)cc1F. The van der Waals surface area contributed by atoms with Crippen LogP contribution in [0.4, 0.5) is 14.5 Å². The van der Waals surface area contributed by atoms with E-state index in [1.165, 1.54) is 6.92 Å². The molecule has 0 aliphatic carbocycles. The molecule has 1 aromatic rings. The molecule has 0 unspecified atom stereocenters. The average molecular weight is 255 g/mol. The largest absolute Gasteiger partial charge is 0.398 e. The Hall–Kier alpha value is -1.54. The second-order valence-electron chi connectivity index (χ2n) is 3.24. The van der Waals surface area contributed by atoms with Gasteiger partial charge < -0.3 is 5.73 Å². The first-order chi connectivity index (χ1) is 8.00. The zero-order chi connectivity index (χ0) is 12.8. The lowest BCUT2D eigenvalue weighted by Crippen LogP contribution is -1.95. The molecule has 1 aromatic carbocycles. The van der Waals surface area contributed by atoms with Crippen LogP contribution in [0.3, 0.4) is 0 Å². The van der Waals surface area contributed by atoms with Gasteiger partial charge in [0.15, 0.2) is 5.12 Å². The van der Waals surface area contributed by atoms with E-state index in [-0.39, 0.29) is 16.4 Å². The predicted octanol–water partition coefficient (Wildman–Crippen LogP) is 2.57. The number of benzene rings is 1. The van der Waals surface area contributed by atoms with Crippen molar-refractivity contribution in [1.29, 1.82) is 0 Å². The van der Waals surface area contributed by atoms with Gasteiger partial charge in [0.2, 0.25) is 0 Å². The molecule has 0 bridgehead atoms. The van der Waals surface area contributed by atoms with Crippen LogP contribution in [0.15, 0.2) is 12.1 Å². The van der Waals surface area contributed by atoms with Gasteiger partial charge >= 0.3 is 0 Å². The highest BCUT2D eigenvalue weighted by Gasteiger charge is 2.06. The molecule has 0 fully saturated rings. The topological polar surface area (TPSA) is 43.1 Å². The van der Waals surface area contributed by atoms with E-state index in [2.05, 4.69) is 11.8 Å². The normalized spacial score (nSPS) is 9.59. The summed E-state index contributed by atoms with van der Waals surface area (Å²) in [5.41, 5.74) is 5.42. The number of anilines is 1. The number of rotatable bonds is 2. The van der Waals surface area contributed by atoms with Crippen LogP contribution in [-0.4, -0.2) is 10.9 Å². The molecular formula is C12H11F2NOS. The molecule has 0 saturated carbocycles. The zero-order valence-corrected chi connectivity index (χ0v) is 10.0. The second kappa shape index (κ2) is 6.26. The summed E-state index contributed by atoms with van der Waals surface area (Å²) in [5, 5.41) is 0.0132. The Morgan fingerprint density at radius 2 is 2.18 bits per heavy atom. The van der Waals surface area contributed by atoms with Crippen molar-refractivity contribution in [2.75, 3.05) is 11.5 Å². The summed E-state index contributed by atoms with van der Waals surface area (Å²) in [6.07, 6.45) is 0.445. The Bertz CT molecular complexity index is 468. The van der Waals surface area contributed by atoms with Gasteiger partial charge in [-0.1, -0.05) is 23.6 Å². The Balaban J connectivity index is 2.69. The first-order valence-electron chi connectivity index (χ1n) is 4.87. The number of hydrogen-bond acceptors (Lipinski definition) is 3. The highest BCUT2D eigenvalue weighted by Crippen LogP contribution is 2.16. The van der Waals surface area contributed by atoms with Crippen molar-refractivity contribution < 1.29 is 13.6 Å². The van der Waals surface area contributed by atoms with E-state index < -0.39 is 11.6 Å². The van der Waals surface area contributed by atoms with E-state index in [4.69, 9.17) is 5.73 Å². The quantitative estimate of drug-likeness (QED) is 0.502. The van der Waals surface area contributed by atoms with Crippen LogP contribution in [0.2, 0.25) is 0 Å². The highest BCUT2D eigenvalue weighted by molar-refractivity contribution is 8.13.